The van der Waals surface area contributed by atoms with Gasteiger partial charge in [-0.15, -0.1) is 0 Å². The molecule has 0 amide bonds. The fourth-order valence-electron chi connectivity index (χ4n) is 7.76. The predicted octanol–water partition coefficient (Wildman–Crippen LogP) is 11.5. The lowest BCUT2D eigenvalue weighted by Crippen LogP contribution is -2.04. The summed E-state index contributed by atoms with van der Waals surface area (Å²) in [4.78, 5) is 9.83. The molecule has 0 radical (unpaired) electrons. The number of hydrogen-bond acceptors (Lipinski definition) is 4. The van der Waals surface area contributed by atoms with Crippen molar-refractivity contribution in [2.45, 2.75) is 0 Å². The van der Waals surface area contributed by atoms with Crippen LogP contribution in [0.15, 0.2) is 167 Å². The summed E-state index contributed by atoms with van der Waals surface area (Å²) in [6.45, 7) is 0. The molecule has 50 heavy (non-hydrogen) atoms. The molecule has 0 aliphatic rings. The van der Waals surface area contributed by atoms with Crippen molar-refractivity contribution >= 4 is 65.9 Å². The molecule has 0 spiro atoms. The Morgan fingerprint density at radius 2 is 0.800 bits per heavy atom. The van der Waals surface area contributed by atoms with Crippen LogP contribution < -0.4 is 0 Å². The average molecular weight is 643 g/mol. The summed E-state index contributed by atoms with van der Waals surface area (Å²) in [5, 5.41) is 6.61. The molecule has 11 rings (SSSR count). The van der Waals surface area contributed by atoms with Gasteiger partial charge >= 0.3 is 0 Å². The highest BCUT2D eigenvalue weighted by Crippen LogP contribution is 2.45. The minimum atomic E-state index is 0.787. The van der Waals surface area contributed by atoms with Crippen LogP contribution >= 0.6 is 0 Å². The highest BCUT2D eigenvalue weighted by atomic mass is 16.3. The Hall–Kier alpha value is -6.92. The summed E-state index contributed by atoms with van der Waals surface area (Å²) in [6.07, 6.45) is 3.69. The van der Waals surface area contributed by atoms with Gasteiger partial charge < -0.3 is 8.83 Å². The number of nitrogens with zero attached hydrogens (tertiary/aromatic N) is 4. The lowest BCUT2D eigenvalue weighted by Gasteiger charge is -2.19. The second-order valence-electron chi connectivity index (χ2n) is 12.6. The van der Waals surface area contributed by atoms with Gasteiger partial charge in [-0.05, 0) is 60.7 Å². The zero-order chi connectivity index (χ0) is 32.8. The fourth-order valence-corrected chi connectivity index (χ4v) is 7.76. The first-order chi connectivity index (χ1) is 24.8. The number of hydrogen-bond donors (Lipinski definition) is 0. The van der Waals surface area contributed by atoms with Gasteiger partial charge in [0.2, 0.25) is 11.4 Å². The number of furan rings is 2. The maximum atomic E-state index is 6.72. The van der Waals surface area contributed by atoms with E-state index in [1.165, 1.54) is 0 Å². The summed E-state index contributed by atoms with van der Waals surface area (Å²) in [7, 11) is 0. The van der Waals surface area contributed by atoms with Crippen molar-refractivity contribution in [3.8, 4) is 33.9 Å². The Bertz CT molecular complexity index is 2880. The van der Waals surface area contributed by atoms with Gasteiger partial charge in [0, 0.05) is 45.1 Å². The van der Waals surface area contributed by atoms with E-state index in [1.807, 2.05) is 60.9 Å². The van der Waals surface area contributed by atoms with E-state index in [9.17, 15) is 0 Å². The Labute approximate surface area is 285 Å². The molecule has 0 saturated carbocycles. The Kier molecular flexibility index (Phi) is 5.57. The Morgan fingerprint density at radius 3 is 1.24 bits per heavy atom. The van der Waals surface area contributed by atoms with Crippen LogP contribution in [0.3, 0.4) is 0 Å². The van der Waals surface area contributed by atoms with Gasteiger partial charge in [0.1, 0.15) is 11.2 Å². The molecule has 0 fully saturated rings. The lowest BCUT2D eigenvalue weighted by molar-refractivity contribution is 0.644. The maximum Gasteiger partial charge on any atom is 0.213 e. The molecule has 6 aromatic heterocycles. The first-order valence-corrected chi connectivity index (χ1v) is 16.7. The first-order valence-electron chi connectivity index (χ1n) is 16.7. The van der Waals surface area contributed by atoms with E-state index in [4.69, 9.17) is 18.8 Å². The fraction of sp³-hybridized carbons (Fsp3) is 0. The van der Waals surface area contributed by atoms with Crippen molar-refractivity contribution in [2.24, 2.45) is 0 Å². The number of aromatic nitrogens is 4. The Morgan fingerprint density at radius 1 is 0.400 bits per heavy atom. The third kappa shape index (κ3) is 3.73. The van der Waals surface area contributed by atoms with Crippen LogP contribution in [0.5, 0.6) is 0 Å². The molecular formula is C44H26N4O2. The van der Waals surface area contributed by atoms with Crippen LogP contribution in [0.25, 0.3) is 99.8 Å². The number of fused-ring (bicyclic) bond motifs is 10. The van der Waals surface area contributed by atoms with E-state index < -0.39 is 0 Å². The maximum absolute atomic E-state index is 6.72. The van der Waals surface area contributed by atoms with E-state index in [0.717, 1.165) is 99.8 Å². The van der Waals surface area contributed by atoms with E-state index in [2.05, 4.69) is 106 Å². The third-order valence-electron chi connectivity index (χ3n) is 9.87. The third-order valence-corrected chi connectivity index (χ3v) is 9.87. The quantitative estimate of drug-likeness (QED) is 0.192. The molecule has 0 unspecified atom stereocenters. The van der Waals surface area contributed by atoms with Crippen LogP contribution in [0, 0.1) is 0 Å². The van der Waals surface area contributed by atoms with Gasteiger partial charge in [0.25, 0.3) is 0 Å². The normalized spacial score (nSPS) is 12.0. The summed E-state index contributed by atoms with van der Waals surface area (Å²) in [5.41, 5.74) is 10.8. The van der Waals surface area contributed by atoms with Gasteiger partial charge in [0.05, 0.1) is 44.6 Å². The van der Waals surface area contributed by atoms with Crippen molar-refractivity contribution < 1.29 is 8.83 Å². The largest absolute Gasteiger partial charge is 0.439 e. The monoisotopic (exact) mass is 642 g/mol. The minimum absolute atomic E-state index is 0.787. The van der Waals surface area contributed by atoms with E-state index in [-0.39, 0.29) is 0 Å². The van der Waals surface area contributed by atoms with Gasteiger partial charge in [-0.25, -0.2) is 0 Å². The number of rotatable bonds is 4. The second kappa shape index (κ2) is 10.3. The number of para-hydroxylation sites is 4. The first kappa shape index (κ1) is 27.1. The molecule has 6 heterocycles. The van der Waals surface area contributed by atoms with Crippen molar-refractivity contribution in [3.05, 3.63) is 158 Å². The zero-order valence-electron chi connectivity index (χ0n) is 26.6. The number of benzene rings is 5. The van der Waals surface area contributed by atoms with Gasteiger partial charge in [-0.3, -0.25) is 19.1 Å². The molecule has 6 nitrogen and oxygen atoms in total. The molecule has 0 aliphatic carbocycles. The zero-order valence-corrected chi connectivity index (χ0v) is 26.6. The molecule has 0 saturated heterocycles. The molecule has 0 atom stereocenters. The summed E-state index contributed by atoms with van der Waals surface area (Å²) >= 11 is 0. The van der Waals surface area contributed by atoms with E-state index >= 15 is 0 Å². The number of pyridine rings is 2. The lowest BCUT2D eigenvalue weighted by atomic mass is 10.00. The van der Waals surface area contributed by atoms with Gasteiger partial charge in [-0.1, -0.05) is 84.9 Å². The molecule has 234 valence electrons. The Balaban J connectivity index is 1.33. The van der Waals surface area contributed by atoms with Crippen molar-refractivity contribution in [1.29, 1.82) is 0 Å². The van der Waals surface area contributed by atoms with Crippen LogP contribution in [-0.4, -0.2) is 19.1 Å². The standard InChI is InChI=1S/C44H26N4O2/c1-5-19-35-27(13-1)41-29-15-3-7-21-39(29)49-43(41)47(35)37-25-32(34-18-10-12-24-46-34)38(26-31(37)33-17-9-11-23-45-33)48-36-20-6-2-14-28(36)42-30-16-4-8-22-40(30)50-44(42)48/h1-26H. The smallest absolute Gasteiger partial charge is 0.213 e. The topological polar surface area (TPSA) is 61.9 Å². The molecule has 5 aromatic carbocycles. The summed E-state index contributed by atoms with van der Waals surface area (Å²) in [5.74, 6) is 0. The van der Waals surface area contributed by atoms with Crippen LogP contribution in [0.1, 0.15) is 0 Å². The van der Waals surface area contributed by atoms with Crippen LogP contribution in [0.4, 0.5) is 0 Å². The summed E-state index contributed by atoms with van der Waals surface area (Å²) < 4.78 is 17.9. The highest BCUT2D eigenvalue weighted by molar-refractivity contribution is 6.21. The van der Waals surface area contributed by atoms with Crippen molar-refractivity contribution in [1.82, 2.24) is 19.1 Å². The minimum Gasteiger partial charge on any atom is -0.439 e. The second-order valence-corrected chi connectivity index (χ2v) is 12.6. The predicted molar refractivity (Wildman–Crippen MR) is 201 cm³/mol. The van der Waals surface area contributed by atoms with Crippen LogP contribution in [-0.2, 0) is 0 Å². The SMILES string of the molecule is c1ccc(-c2cc(-n3c4ccccc4c4c5ccccc5oc43)c(-c3ccccn3)cc2-n2c3ccccc3c3c4ccccc4oc32)nc1. The molecular weight excluding hydrogens is 617 g/mol. The molecule has 0 bridgehead atoms. The summed E-state index contributed by atoms with van der Waals surface area (Å²) in [6, 6.07) is 50.1. The molecule has 11 aromatic rings. The van der Waals surface area contributed by atoms with E-state index in [1.54, 1.807) is 0 Å². The van der Waals surface area contributed by atoms with E-state index in [0.29, 0.717) is 0 Å². The van der Waals surface area contributed by atoms with Gasteiger partial charge in [0.15, 0.2) is 0 Å². The van der Waals surface area contributed by atoms with Gasteiger partial charge in [-0.2, -0.15) is 0 Å². The molecule has 6 heteroatoms. The van der Waals surface area contributed by atoms with Crippen molar-refractivity contribution in [2.75, 3.05) is 0 Å². The molecule has 0 N–H and O–H groups in total. The van der Waals surface area contributed by atoms with Crippen LogP contribution in [0.2, 0.25) is 0 Å². The average Bonchev–Trinajstić information content (AvgIpc) is 3.91. The highest BCUT2D eigenvalue weighted by Gasteiger charge is 2.26. The van der Waals surface area contributed by atoms with Crippen molar-refractivity contribution in [3.63, 3.8) is 0 Å². The molecule has 0 aliphatic heterocycles.